The van der Waals surface area contributed by atoms with E-state index in [0.29, 0.717) is 5.56 Å². The normalized spacial score (nSPS) is 13.2. The number of aryl methyl sites for hydroxylation is 1. The molecule has 1 atom stereocenters. The standard InChI is InChI=1S/C11H13F3N2O2/c1-7-2-4-8(5-3-7)9(15)10(17)16-18-6-11(12,13)14/h2-5,9H,6,15H2,1H3,(H,16,17). The van der Waals surface area contributed by atoms with Gasteiger partial charge in [-0.05, 0) is 12.5 Å². The van der Waals surface area contributed by atoms with Gasteiger partial charge in [0.05, 0.1) is 0 Å². The van der Waals surface area contributed by atoms with Crippen molar-refractivity contribution < 1.29 is 22.8 Å². The van der Waals surface area contributed by atoms with Crippen LogP contribution in [0.25, 0.3) is 0 Å². The fraction of sp³-hybridized carbons (Fsp3) is 0.364. The molecular formula is C11H13F3N2O2. The molecule has 1 amide bonds. The summed E-state index contributed by atoms with van der Waals surface area (Å²) in [5.74, 6) is -0.830. The number of hydrogen-bond donors (Lipinski definition) is 2. The summed E-state index contributed by atoms with van der Waals surface area (Å²) in [5.41, 5.74) is 8.71. The minimum atomic E-state index is -4.50. The van der Waals surface area contributed by atoms with E-state index in [-0.39, 0.29) is 0 Å². The third kappa shape index (κ3) is 4.72. The van der Waals surface area contributed by atoms with E-state index in [1.807, 2.05) is 6.92 Å². The third-order valence-corrected chi connectivity index (χ3v) is 2.13. The Labute approximate surface area is 102 Å². The second kappa shape index (κ2) is 5.83. The number of benzene rings is 1. The van der Waals surface area contributed by atoms with Gasteiger partial charge in [-0.15, -0.1) is 0 Å². The molecule has 0 saturated carbocycles. The van der Waals surface area contributed by atoms with Crippen molar-refractivity contribution in [2.45, 2.75) is 19.1 Å². The van der Waals surface area contributed by atoms with Gasteiger partial charge in [-0.2, -0.15) is 13.2 Å². The van der Waals surface area contributed by atoms with Crippen LogP contribution in [0.5, 0.6) is 0 Å². The van der Waals surface area contributed by atoms with Crippen LogP contribution in [0.4, 0.5) is 13.2 Å². The highest BCUT2D eigenvalue weighted by Gasteiger charge is 2.28. The molecule has 0 aliphatic heterocycles. The molecule has 1 aromatic carbocycles. The van der Waals surface area contributed by atoms with Gasteiger partial charge >= 0.3 is 6.18 Å². The Bertz CT molecular complexity index is 404. The van der Waals surface area contributed by atoms with Gasteiger partial charge in [0.2, 0.25) is 0 Å². The van der Waals surface area contributed by atoms with Gasteiger partial charge in [0, 0.05) is 0 Å². The molecular weight excluding hydrogens is 249 g/mol. The first-order valence-electron chi connectivity index (χ1n) is 5.10. The van der Waals surface area contributed by atoms with E-state index in [1.165, 1.54) is 0 Å². The van der Waals surface area contributed by atoms with Crippen LogP contribution in [0.3, 0.4) is 0 Å². The molecule has 0 heterocycles. The van der Waals surface area contributed by atoms with Crippen LogP contribution < -0.4 is 11.2 Å². The Hall–Kier alpha value is -1.60. The largest absolute Gasteiger partial charge is 0.414 e. The van der Waals surface area contributed by atoms with E-state index >= 15 is 0 Å². The average Bonchev–Trinajstić information content (AvgIpc) is 2.27. The predicted octanol–water partition coefficient (Wildman–Crippen LogP) is 1.60. The second-order valence-electron chi connectivity index (χ2n) is 3.76. The van der Waals surface area contributed by atoms with Crippen molar-refractivity contribution >= 4 is 5.91 Å². The Kier molecular flexibility index (Phi) is 4.69. The SMILES string of the molecule is Cc1ccc(C(N)C(=O)NOCC(F)(F)F)cc1. The van der Waals surface area contributed by atoms with E-state index < -0.39 is 24.7 Å². The third-order valence-electron chi connectivity index (χ3n) is 2.13. The zero-order chi connectivity index (χ0) is 13.8. The first kappa shape index (κ1) is 14.5. The topological polar surface area (TPSA) is 64.4 Å². The number of hydrogen-bond acceptors (Lipinski definition) is 3. The number of hydroxylamine groups is 1. The van der Waals surface area contributed by atoms with Crippen molar-refractivity contribution in [3.63, 3.8) is 0 Å². The molecule has 18 heavy (non-hydrogen) atoms. The monoisotopic (exact) mass is 262 g/mol. The van der Waals surface area contributed by atoms with Crippen molar-refractivity contribution in [3.8, 4) is 0 Å². The Balaban J connectivity index is 2.49. The fourth-order valence-corrected chi connectivity index (χ4v) is 1.18. The number of alkyl halides is 3. The molecule has 0 spiro atoms. The molecule has 0 bridgehead atoms. The molecule has 3 N–H and O–H groups in total. The van der Waals surface area contributed by atoms with Crippen LogP contribution in [-0.4, -0.2) is 18.7 Å². The summed E-state index contributed by atoms with van der Waals surface area (Å²) in [6.45, 7) is 0.307. The number of rotatable bonds is 4. The van der Waals surface area contributed by atoms with Crippen LogP contribution >= 0.6 is 0 Å². The van der Waals surface area contributed by atoms with Crippen molar-refractivity contribution in [1.82, 2.24) is 5.48 Å². The molecule has 0 aromatic heterocycles. The summed E-state index contributed by atoms with van der Waals surface area (Å²) in [6, 6.07) is 5.68. The summed E-state index contributed by atoms with van der Waals surface area (Å²) in [7, 11) is 0. The van der Waals surface area contributed by atoms with Crippen molar-refractivity contribution in [3.05, 3.63) is 35.4 Å². The maximum absolute atomic E-state index is 11.8. The van der Waals surface area contributed by atoms with Crippen LogP contribution in [0.1, 0.15) is 17.2 Å². The van der Waals surface area contributed by atoms with E-state index in [4.69, 9.17) is 5.73 Å². The van der Waals surface area contributed by atoms with Gasteiger partial charge in [-0.3, -0.25) is 9.63 Å². The number of carbonyl (C=O) groups is 1. The molecule has 100 valence electrons. The zero-order valence-corrected chi connectivity index (χ0v) is 9.62. The maximum Gasteiger partial charge on any atom is 0.414 e. The van der Waals surface area contributed by atoms with E-state index in [2.05, 4.69) is 4.84 Å². The van der Waals surface area contributed by atoms with Crippen LogP contribution in [0, 0.1) is 6.92 Å². The van der Waals surface area contributed by atoms with Crippen molar-refractivity contribution in [2.75, 3.05) is 6.61 Å². The Morgan fingerprint density at radius 3 is 2.44 bits per heavy atom. The lowest BCUT2D eigenvalue weighted by Gasteiger charge is -2.13. The van der Waals surface area contributed by atoms with Gasteiger partial charge in [0.25, 0.3) is 5.91 Å². The van der Waals surface area contributed by atoms with Gasteiger partial charge < -0.3 is 5.73 Å². The quantitative estimate of drug-likeness (QED) is 0.810. The molecule has 7 heteroatoms. The molecule has 1 rings (SSSR count). The molecule has 4 nitrogen and oxygen atoms in total. The molecule has 1 aromatic rings. The number of amides is 1. The number of halogens is 3. The first-order valence-corrected chi connectivity index (χ1v) is 5.10. The summed E-state index contributed by atoms with van der Waals surface area (Å²) in [4.78, 5) is 15.4. The Morgan fingerprint density at radius 2 is 1.94 bits per heavy atom. The smallest absolute Gasteiger partial charge is 0.316 e. The highest BCUT2D eigenvalue weighted by molar-refractivity contribution is 5.81. The summed E-state index contributed by atoms with van der Waals surface area (Å²) in [6.07, 6.45) is -4.50. The summed E-state index contributed by atoms with van der Waals surface area (Å²) >= 11 is 0. The van der Waals surface area contributed by atoms with E-state index in [0.717, 1.165) is 5.56 Å². The van der Waals surface area contributed by atoms with Crippen molar-refractivity contribution in [2.24, 2.45) is 5.73 Å². The van der Waals surface area contributed by atoms with E-state index in [9.17, 15) is 18.0 Å². The average molecular weight is 262 g/mol. The lowest BCUT2D eigenvalue weighted by atomic mass is 10.1. The van der Waals surface area contributed by atoms with Gasteiger partial charge in [-0.1, -0.05) is 29.8 Å². The fourth-order valence-electron chi connectivity index (χ4n) is 1.18. The minimum Gasteiger partial charge on any atom is -0.316 e. The van der Waals surface area contributed by atoms with Gasteiger partial charge in [0.1, 0.15) is 6.04 Å². The number of nitrogens with two attached hydrogens (primary N) is 1. The number of nitrogens with one attached hydrogen (secondary N) is 1. The number of carbonyl (C=O) groups excluding carboxylic acids is 1. The predicted molar refractivity (Wildman–Crippen MR) is 58.3 cm³/mol. The summed E-state index contributed by atoms with van der Waals surface area (Å²) in [5, 5.41) is 0. The Morgan fingerprint density at radius 1 is 1.39 bits per heavy atom. The highest BCUT2D eigenvalue weighted by atomic mass is 19.4. The molecule has 0 aliphatic rings. The molecule has 1 unspecified atom stereocenters. The molecule has 0 radical (unpaired) electrons. The lowest BCUT2D eigenvalue weighted by molar-refractivity contribution is -0.192. The highest BCUT2D eigenvalue weighted by Crippen LogP contribution is 2.14. The van der Waals surface area contributed by atoms with Crippen molar-refractivity contribution in [1.29, 1.82) is 0 Å². The molecule has 0 fully saturated rings. The zero-order valence-electron chi connectivity index (χ0n) is 9.62. The van der Waals surface area contributed by atoms with Gasteiger partial charge in [-0.25, -0.2) is 5.48 Å². The van der Waals surface area contributed by atoms with E-state index in [1.54, 1.807) is 29.7 Å². The second-order valence-corrected chi connectivity index (χ2v) is 3.76. The maximum atomic E-state index is 11.8. The van der Waals surface area contributed by atoms with Crippen LogP contribution in [0.2, 0.25) is 0 Å². The first-order chi connectivity index (χ1) is 8.29. The van der Waals surface area contributed by atoms with Gasteiger partial charge in [0.15, 0.2) is 6.61 Å². The molecule has 0 aliphatic carbocycles. The van der Waals surface area contributed by atoms with Crippen LogP contribution in [0.15, 0.2) is 24.3 Å². The van der Waals surface area contributed by atoms with Crippen LogP contribution in [-0.2, 0) is 9.63 Å². The molecule has 0 saturated heterocycles. The summed E-state index contributed by atoms with van der Waals surface area (Å²) < 4.78 is 35.3. The lowest BCUT2D eigenvalue weighted by Crippen LogP contribution is -2.36. The minimum absolute atomic E-state index is 0.494.